The van der Waals surface area contributed by atoms with Gasteiger partial charge in [-0.25, -0.2) is 0 Å². The molecule has 0 radical (unpaired) electrons. The minimum Gasteiger partial charge on any atom is -0.0618 e. The van der Waals surface area contributed by atoms with Crippen LogP contribution in [0, 0.1) is 0 Å². The molecule has 2 aliphatic rings. The van der Waals surface area contributed by atoms with E-state index in [0.29, 0.717) is 0 Å². The molecule has 2 unspecified atom stereocenters. The first kappa shape index (κ1) is 11.3. The van der Waals surface area contributed by atoms with Gasteiger partial charge in [-0.15, -0.1) is 0 Å². The van der Waals surface area contributed by atoms with Crippen molar-refractivity contribution in [3.8, 4) is 0 Å². The van der Waals surface area contributed by atoms with Gasteiger partial charge < -0.3 is 0 Å². The van der Waals surface area contributed by atoms with Gasteiger partial charge in [-0.2, -0.15) is 0 Å². The highest BCUT2D eigenvalue weighted by Gasteiger charge is 2.87. The second kappa shape index (κ2) is 3.61. The topological polar surface area (TPSA) is 0 Å². The van der Waals surface area contributed by atoms with Gasteiger partial charge in [0.25, 0.3) is 11.4 Å². The molecule has 0 N–H and O–H groups in total. The summed E-state index contributed by atoms with van der Waals surface area (Å²) in [5.74, 6) is 0. The van der Waals surface area contributed by atoms with Crippen LogP contribution in [-0.4, -0.2) is 6.67 Å². The molecule has 0 spiro atoms. The maximum absolute atomic E-state index is 2.27. The normalized spacial score (nSPS) is 28.2. The minimum atomic E-state index is 0.932. The zero-order valence-electron chi connectivity index (χ0n) is 11.7. The van der Waals surface area contributed by atoms with Crippen LogP contribution in [0.15, 0.2) is 84.9 Å². The molecular weight excluding hydrogens is 256 g/mol. The molecule has 1 saturated heterocycles. The van der Waals surface area contributed by atoms with Gasteiger partial charge in [0.15, 0.2) is 11.4 Å². The van der Waals surface area contributed by atoms with E-state index in [9.17, 15) is 0 Å². The predicted molar refractivity (Wildman–Crippen MR) is 87.1 cm³/mol. The fourth-order valence-electron chi connectivity index (χ4n) is 4.02. The van der Waals surface area contributed by atoms with Crippen LogP contribution in [0.4, 0.5) is 22.7 Å². The van der Waals surface area contributed by atoms with E-state index < -0.39 is 0 Å². The summed E-state index contributed by atoms with van der Waals surface area (Å²) in [7, 11) is 0. The molecule has 2 nitrogen and oxygen atoms in total. The number of hydrogen-bond acceptors (Lipinski definition) is 0. The molecule has 21 heavy (non-hydrogen) atoms. The second-order valence-corrected chi connectivity index (χ2v) is 5.84. The predicted octanol–water partition coefficient (Wildman–Crippen LogP) is 4.86. The Labute approximate surface area is 124 Å². The van der Waals surface area contributed by atoms with Gasteiger partial charge in [0.1, 0.15) is 0 Å². The third-order valence-electron chi connectivity index (χ3n) is 4.95. The van der Waals surface area contributed by atoms with Gasteiger partial charge in [-0.3, -0.25) is 0 Å². The van der Waals surface area contributed by atoms with Crippen molar-refractivity contribution in [1.82, 2.24) is 9.18 Å². The Morgan fingerprint density at radius 3 is 1.29 bits per heavy atom. The van der Waals surface area contributed by atoms with E-state index >= 15 is 0 Å². The van der Waals surface area contributed by atoms with Crippen molar-refractivity contribution in [2.75, 3.05) is 6.67 Å². The van der Waals surface area contributed by atoms with E-state index in [2.05, 4.69) is 84.9 Å². The van der Waals surface area contributed by atoms with Crippen molar-refractivity contribution in [3.63, 3.8) is 0 Å². The third kappa shape index (κ3) is 1.13. The fourth-order valence-corrected chi connectivity index (χ4v) is 4.02. The molecule has 2 heteroatoms. The number of rotatable bonds is 2. The molecule has 0 aromatic heterocycles. The lowest BCUT2D eigenvalue weighted by atomic mass is 10.1. The number of para-hydroxylation sites is 4. The Hall–Kier alpha value is -2.42. The maximum Gasteiger partial charge on any atom is 0.315 e. The van der Waals surface area contributed by atoms with Crippen molar-refractivity contribution in [3.05, 3.63) is 84.9 Å². The standard InChI is InChI=1S/C19H16N2/c1-3-9-16(10-4-1)20-15-21(20,17-11-5-2-6-12-17)19-14-8-7-13-18(19)20/h1-14H,15H2/q+2. The molecule has 5 rings (SSSR count). The van der Waals surface area contributed by atoms with Crippen molar-refractivity contribution in [2.45, 2.75) is 0 Å². The van der Waals surface area contributed by atoms with Gasteiger partial charge in [-0.1, -0.05) is 48.5 Å². The zero-order chi connectivity index (χ0) is 13.9. The fraction of sp³-hybridized carbons (Fsp3) is 0.0526. The van der Waals surface area contributed by atoms with Crippen LogP contribution in [0.25, 0.3) is 0 Å². The van der Waals surface area contributed by atoms with Gasteiger partial charge in [0.2, 0.25) is 0 Å². The van der Waals surface area contributed by atoms with Crippen LogP contribution in [-0.2, 0) is 0 Å². The second-order valence-electron chi connectivity index (χ2n) is 5.84. The van der Waals surface area contributed by atoms with E-state index in [-0.39, 0.29) is 0 Å². The molecule has 2 heterocycles. The molecule has 1 fully saturated rings. The SMILES string of the molecule is c1ccc([N+]23C[N+]2(c2ccccc2)c2ccccc23)cc1. The zero-order valence-corrected chi connectivity index (χ0v) is 11.7. The van der Waals surface area contributed by atoms with Crippen molar-refractivity contribution in [2.24, 2.45) is 0 Å². The van der Waals surface area contributed by atoms with E-state index in [0.717, 1.165) is 15.9 Å². The van der Waals surface area contributed by atoms with Gasteiger partial charge in [0.05, 0.1) is 0 Å². The Morgan fingerprint density at radius 1 is 0.476 bits per heavy atom. The van der Waals surface area contributed by atoms with Crippen LogP contribution in [0.3, 0.4) is 0 Å². The highest BCUT2D eigenvalue weighted by atomic mass is 16.1. The number of quaternary nitrogens is 2. The number of nitrogens with zero attached hydrogens (tertiary/aromatic N) is 2. The molecule has 3 aromatic rings. The average Bonchev–Trinajstić information content (AvgIpc) is 3.20. The molecule has 0 aliphatic carbocycles. The lowest BCUT2D eigenvalue weighted by molar-refractivity contribution is 0.427. The summed E-state index contributed by atoms with van der Waals surface area (Å²) in [6.45, 7) is 1.09. The summed E-state index contributed by atoms with van der Waals surface area (Å²) in [6.07, 6.45) is 0. The van der Waals surface area contributed by atoms with Gasteiger partial charge >= 0.3 is 6.67 Å². The third-order valence-corrected chi connectivity index (χ3v) is 4.95. The van der Waals surface area contributed by atoms with Crippen LogP contribution >= 0.6 is 0 Å². The molecule has 3 aromatic carbocycles. The van der Waals surface area contributed by atoms with Crippen LogP contribution < -0.4 is 9.18 Å². The Morgan fingerprint density at radius 2 is 0.857 bits per heavy atom. The first-order valence-electron chi connectivity index (χ1n) is 7.38. The summed E-state index contributed by atoms with van der Waals surface area (Å²) in [4.78, 5) is 0. The summed E-state index contributed by atoms with van der Waals surface area (Å²) in [5, 5.41) is 0. The summed E-state index contributed by atoms with van der Waals surface area (Å²) >= 11 is 0. The monoisotopic (exact) mass is 272 g/mol. The van der Waals surface area contributed by atoms with Crippen LogP contribution in [0.1, 0.15) is 0 Å². The van der Waals surface area contributed by atoms with E-state index in [1.54, 1.807) is 0 Å². The number of fused-ring (bicyclic) bond motifs is 4. The molecule has 2 aliphatic heterocycles. The van der Waals surface area contributed by atoms with Crippen molar-refractivity contribution >= 4 is 22.7 Å². The maximum atomic E-state index is 2.27. The molecule has 0 amide bonds. The molecule has 2 atom stereocenters. The van der Waals surface area contributed by atoms with E-state index in [4.69, 9.17) is 0 Å². The first-order chi connectivity index (χ1) is 10.4. The molecule has 0 bridgehead atoms. The summed E-state index contributed by atoms with van der Waals surface area (Å²) in [5.41, 5.74) is 5.63. The van der Waals surface area contributed by atoms with Crippen LogP contribution in [0.2, 0.25) is 0 Å². The Bertz CT molecular complexity index is 758. The largest absolute Gasteiger partial charge is 0.315 e. The average molecular weight is 272 g/mol. The van der Waals surface area contributed by atoms with Gasteiger partial charge in [-0.05, 0) is 9.18 Å². The molecule has 100 valence electrons. The summed E-state index contributed by atoms with van der Waals surface area (Å²) < 4.78 is 1.86. The van der Waals surface area contributed by atoms with Crippen molar-refractivity contribution < 1.29 is 0 Å². The number of benzene rings is 3. The quantitative estimate of drug-likeness (QED) is 0.461. The lowest BCUT2D eigenvalue weighted by Crippen LogP contribution is -2.46. The van der Waals surface area contributed by atoms with Gasteiger partial charge in [0, 0.05) is 36.4 Å². The van der Waals surface area contributed by atoms with Crippen molar-refractivity contribution in [1.29, 1.82) is 0 Å². The first-order valence-corrected chi connectivity index (χ1v) is 7.38. The Kier molecular flexibility index (Phi) is 1.94. The summed E-state index contributed by atoms with van der Waals surface area (Å²) in [6, 6.07) is 30.6. The minimum absolute atomic E-state index is 0.932. The molecule has 0 saturated carbocycles. The van der Waals surface area contributed by atoms with E-state index in [1.165, 1.54) is 22.7 Å². The number of hydrogen-bond donors (Lipinski definition) is 0. The Balaban J connectivity index is 1.78. The highest BCUT2D eigenvalue weighted by Crippen LogP contribution is 2.72. The van der Waals surface area contributed by atoms with E-state index in [1.807, 2.05) is 0 Å². The molecular formula is C19H16N2+2. The smallest absolute Gasteiger partial charge is 0.0618 e. The van der Waals surface area contributed by atoms with Crippen LogP contribution in [0.5, 0.6) is 0 Å². The lowest BCUT2D eigenvalue weighted by Gasteiger charge is -2.31. The highest BCUT2D eigenvalue weighted by molar-refractivity contribution is 5.93.